The van der Waals surface area contributed by atoms with Gasteiger partial charge in [0.2, 0.25) is 0 Å². The van der Waals surface area contributed by atoms with E-state index in [1.165, 1.54) is 0 Å². The van der Waals surface area contributed by atoms with Gasteiger partial charge in [0.1, 0.15) is 0 Å². The van der Waals surface area contributed by atoms with Crippen LogP contribution in [0.15, 0.2) is 18.2 Å². The van der Waals surface area contributed by atoms with E-state index in [0.717, 1.165) is 4.68 Å². The predicted octanol–water partition coefficient (Wildman–Crippen LogP) is 1.21. The molecule has 2 aromatic rings. The third kappa shape index (κ3) is 1.54. The third-order valence-corrected chi connectivity index (χ3v) is 2.17. The van der Waals surface area contributed by atoms with Crippen molar-refractivity contribution in [1.82, 2.24) is 9.78 Å². The number of anilines is 2. The van der Waals surface area contributed by atoms with Gasteiger partial charge in [0.25, 0.3) is 0 Å². The van der Waals surface area contributed by atoms with Crippen molar-refractivity contribution in [3.63, 3.8) is 0 Å². The van der Waals surface area contributed by atoms with Crippen LogP contribution in [0.5, 0.6) is 0 Å². The zero-order valence-electron chi connectivity index (χ0n) is 8.80. The van der Waals surface area contributed by atoms with Gasteiger partial charge in [-0.25, -0.2) is 4.79 Å². The molecule has 0 unspecified atom stereocenters. The number of hydrogen-bond donors (Lipinski definition) is 2. The predicted molar refractivity (Wildman–Crippen MR) is 61.0 cm³/mol. The molecule has 4 N–H and O–H groups in total. The van der Waals surface area contributed by atoms with Crippen LogP contribution < -0.4 is 11.5 Å². The molecule has 1 heterocycles. The molecule has 0 saturated carbocycles. The number of aromatic nitrogens is 2. The van der Waals surface area contributed by atoms with Crippen LogP contribution in [-0.4, -0.2) is 22.5 Å². The Labute approximate surface area is 91.8 Å². The molecule has 16 heavy (non-hydrogen) atoms. The minimum absolute atomic E-state index is 0.260. The Bertz CT molecular complexity index is 547. The first-order valence-electron chi connectivity index (χ1n) is 4.84. The Hall–Kier alpha value is -2.24. The zero-order chi connectivity index (χ0) is 11.7. The molecule has 0 radical (unpaired) electrons. The number of nitrogens with zero attached hydrogens (tertiary/aromatic N) is 2. The van der Waals surface area contributed by atoms with E-state index < -0.39 is 6.09 Å². The van der Waals surface area contributed by atoms with Crippen LogP contribution in [0.4, 0.5) is 16.3 Å². The van der Waals surface area contributed by atoms with Gasteiger partial charge in [0, 0.05) is 11.1 Å². The summed E-state index contributed by atoms with van der Waals surface area (Å²) in [6.07, 6.45) is -0.547. The van der Waals surface area contributed by atoms with Gasteiger partial charge in [-0.05, 0) is 25.1 Å². The van der Waals surface area contributed by atoms with Gasteiger partial charge in [-0.2, -0.15) is 4.68 Å². The molecule has 2 rings (SSSR count). The van der Waals surface area contributed by atoms with Crippen molar-refractivity contribution in [2.24, 2.45) is 0 Å². The van der Waals surface area contributed by atoms with Crippen LogP contribution in [0.25, 0.3) is 10.9 Å². The summed E-state index contributed by atoms with van der Waals surface area (Å²) in [6, 6.07) is 5.04. The van der Waals surface area contributed by atoms with Crippen molar-refractivity contribution >= 4 is 28.5 Å². The highest BCUT2D eigenvalue weighted by Gasteiger charge is 2.14. The fourth-order valence-electron chi connectivity index (χ4n) is 1.48. The van der Waals surface area contributed by atoms with Gasteiger partial charge in [-0.1, -0.05) is 0 Å². The summed E-state index contributed by atoms with van der Waals surface area (Å²) in [4.78, 5) is 11.5. The highest BCUT2D eigenvalue weighted by atomic mass is 16.5. The van der Waals surface area contributed by atoms with Gasteiger partial charge in [-0.3, -0.25) is 0 Å². The van der Waals surface area contributed by atoms with Crippen molar-refractivity contribution < 1.29 is 9.53 Å². The standard InChI is InChI=1S/C10H12N4O2/c1-2-16-10(15)14-8-4-3-6(11)5-7(8)9(12)13-14/h3-5H,2,11H2,1H3,(H2,12,13). The number of nitrogens with two attached hydrogens (primary N) is 2. The summed E-state index contributed by atoms with van der Waals surface area (Å²) in [6.45, 7) is 2.01. The van der Waals surface area contributed by atoms with Crippen molar-refractivity contribution in [1.29, 1.82) is 0 Å². The first-order chi connectivity index (χ1) is 7.63. The molecule has 6 heteroatoms. The van der Waals surface area contributed by atoms with E-state index in [4.69, 9.17) is 16.2 Å². The van der Waals surface area contributed by atoms with Gasteiger partial charge < -0.3 is 16.2 Å². The van der Waals surface area contributed by atoms with E-state index >= 15 is 0 Å². The van der Waals surface area contributed by atoms with Crippen LogP contribution in [0, 0.1) is 0 Å². The number of hydrogen-bond acceptors (Lipinski definition) is 5. The number of rotatable bonds is 1. The highest BCUT2D eigenvalue weighted by Crippen LogP contribution is 2.22. The van der Waals surface area contributed by atoms with Crippen LogP contribution >= 0.6 is 0 Å². The summed E-state index contributed by atoms with van der Waals surface area (Å²) >= 11 is 0. The first kappa shape index (κ1) is 10.3. The van der Waals surface area contributed by atoms with Crippen LogP contribution in [0.3, 0.4) is 0 Å². The van der Waals surface area contributed by atoms with E-state index in [2.05, 4.69) is 5.10 Å². The smallest absolute Gasteiger partial charge is 0.435 e. The molecule has 0 fully saturated rings. The van der Waals surface area contributed by atoms with Crippen molar-refractivity contribution in [2.75, 3.05) is 18.1 Å². The maximum absolute atomic E-state index is 11.5. The molecule has 1 aromatic heterocycles. The fourth-order valence-corrected chi connectivity index (χ4v) is 1.48. The normalized spacial score (nSPS) is 10.6. The Morgan fingerprint density at radius 1 is 1.50 bits per heavy atom. The summed E-state index contributed by atoms with van der Waals surface area (Å²) < 4.78 is 5.99. The minimum atomic E-state index is -0.547. The van der Waals surface area contributed by atoms with Crippen LogP contribution in [0.2, 0.25) is 0 Å². The van der Waals surface area contributed by atoms with E-state index in [9.17, 15) is 4.79 Å². The highest BCUT2D eigenvalue weighted by molar-refractivity contribution is 5.96. The second-order valence-electron chi connectivity index (χ2n) is 3.27. The molecule has 1 aromatic carbocycles. The molecule has 6 nitrogen and oxygen atoms in total. The molecule has 0 bridgehead atoms. The third-order valence-electron chi connectivity index (χ3n) is 2.17. The van der Waals surface area contributed by atoms with Gasteiger partial charge in [-0.15, -0.1) is 5.10 Å². The lowest BCUT2D eigenvalue weighted by Crippen LogP contribution is -2.15. The SMILES string of the molecule is CCOC(=O)n1nc(N)c2cc(N)ccc21. The average molecular weight is 220 g/mol. The Morgan fingerprint density at radius 3 is 2.94 bits per heavy atom. The summed E-state index contributed by atoms with van der Waals surface area (Å²) in [5.74, 6) is 0.260. The minimum Gasteiger partial charge on any atom is -0.448 e. The van der Waals surface area contributed by atoms with E-state index in [-0.39, 0.29) is 12.4 Å². The first-order valence-corrected chi connectivity index (χ1v) is 4.84. The molecular weight excluding hydrogens is 208 g/mol. The lowest BCUT2D eigenvalue weighted by Gasteiger charge is -2.01. The molecule has 0 aliphatic rings. The number of nitrogen functional groups attached to an aromatic ring is 2. The number of benzene rings is 1. The molecule has 0 atom stereocenters. The molecule has 0 aliphatic carbocycles. The number of carbonyl (C=O) groups is 1. The van der Waals surface area contributed by atoms with Gasteiger partial charge >= 0.3 is 6.09 Å². The summed E-state index contributed by atoms with van der Waals surface area (Å²) in [7, 11) is 0. The second-order valence-corrected chi connectivity index (χ2v) is 3.27. The molecule has 84 valence electrons. The topological polar surface area (TPSA) is 96.2 Å². The van der Waals surface area contributed by atoms with E-state index in [1.807, 2.05) is 0 Å². The monoisotopic (exact) mass is 220 g/mol. The van der Waals surface area contributed by atoms with Crippen LogP contribution in [0.1, 0.15) is 6.92 Å². The van der Waals surface area contributed by atoms with Crippen molar-refractivity contribution in [2.45, 2.75) is 6.92 Å². The Morgan fingerprint density at radius 2 is 2.25 bits per heavy atom. The average Bonchev–Trinajstić information content (AvgIpc) is 2.56. The number of carbonyl (C=O) groups excluding carboxylic acids is 1. The van der Waals surface area contributed by atoms with Gasteiger partial charge in [0.15, 0.2) is 5.82 Å². The van der Waals surface area contributed by atoms with Crippen LogP contribution in [-0.2, 0) is 4.74 Å². The van der Waals surface area contributed by atoms with Gasteiger partial charge in [0.05, 0.1) is 12.1 Å². The molecule has 0 amide bonds. The van der Waals surface area contributed by atoms with E-state index in [0.29, 0.717) is 16.6 Å². The zero-order valence-corrected chi connectivity index (χ0v) is 8.80. The Balaban J connectivity index is 2.59. The van der Waals surface area contributed by atoms with Crippen molar-refractivity contribution in [3.8, 4) is 0 Å². The summed E-state index contributed by atoms with van der Waals surface area (Å²) in [5.41, 5.74) is 12.5. The van der Waals surface area contributed by atoms with Crippen molar-refractivity contribution in [3.05, 3.63) is 18.2 Å². The second kappa shape index (κ2) is 3.73. The number of fused-ring (bicyclic) bond motifs is 1. The lowest BCUT2D eigenvalue weighted by molar-refractivity contribution is 0.151. The number of ether oxygens (including phenoxy) is 1. The fraction of sp³-hybridized carbons (Fsp3) is 0.200. The quantitative estimate of drug-likeness (QED) is 0.704. The maximum Gasteiger partial charge on any atom is 0.435 e. The summed E-state index contributed by atoms with van der Waals surface area (Å²) in [5, 5.41) is 4.56. The largest absolute Gasteiger partial charge is 0.448 e. The maximum atomic E-state index is 11.5. The molecular formula is C10H12N4O2. The molecule has 0 aliphatic heterocycles. The molecule has 0 saturated heterocycles. The lowest BCUT2D eigenvalue weighted by atomic mass is 10.2. The molecule has 0 spiro atoms. The van der Waals surface area contributed by atoms with E-state index in [1.54, 1.807) is 25.1 Å². The Kier molecular flexibility index (Phi) is 2.40.